The molecule has 0 heterocycles. The predicted molar refractivity (Wildman–Crippen MR) is 153 cm³/mol. The maximum atomic E-state index is 12.5. The fraction of sp³-hybridized carbons (Fsp3) is 0.545. The monoisotopic (exact) mass is 490 g/mol. The zero-order valence-corrected chi connectivity index (χ0v) is 22.6. The molecule has 196 valence electrons. The summed E-state index contributed by atoms with van der Waals surface area (Å²) in [6.07, 6.45) is 18.6. The van der Waals surface area contributed by atoms with Crippen molar-refractivity contribution in [1.29, 1.82) is 0 Å². The number of fused-ring (bicyclic) bond motifs is 2. The molecule has 0 saturated carbocycles. The van der Waals surface area contributed by atoms with Crippen LogP contribution in [0.25, 0.3) is 21.5 Å². The summed E-state index contributed by atoms with van der Waals surface area (Å²) in [4.78, 5) is 12.5. The molecule has 3 rings (SSSR count). The van der Waals surface area contributed by atoms with E-state index in [4.69, 9.17) is 9.47 Å². The molecule has 0 N–H and O–H groups in total. The number of carbonyl (C=O) groups is 1. The van der Waals surface area contributed by atoms with Crippen LogP contribution in [-0.4, -0.2) is 19.2 Å². The number of ether oxygens (including phenoxy) is 2. The van der Waals surface area contributed by atoms with E-state index in [0.717, 1.165) is 29.4 Å². The molecule has 3 heteroatoms. The van der Waals surface area contributed by atoms with Crippen molar-refractivity contribution in [2.24, 2.45) is 0 Å². The Morgan fingerprint density at radius 1 is 0.667 bits per heavy atom. The Morgan fingerprint density at radius 2 is 1.19 bits per heavy atom. The van der Waals surface area contributed by atoms with Crippen molar-refractivity contribution in [2.45, 2.75) is 109 Å². The van der Waals surface area contributed by atoms with Gasteiger partial charge < -0.3 is 9.47 Å². The van der Waals surface area contributed by atoms with Gasteiger partial charge in [-0.2, -0.15) is 0 Å². The normalized spacial score (nSPS) is 12.2. The summed E-state index contributed by atoms with van der Waals surface area (Å²) < 4.78 is 11.3. The second kappa shape index (κ2) is 16.2. The molecule has 3 nitrogen and oxygen atoms in total. The molecule has 0 amide bonds. The average molecular weight is 491 g/mol. The van der Waals surface area contributed by atoms with Gasteiger partial charge in [-0.05, 0) is 47.2 Å². The lowest BCUT2D eigenvalue weighted by atomic mass is 10.0. The number of benzene rings is 3. The average Bonchev–Trinajstić information content (AvgIpc) is 2.91. The summed E-state index contributed by atoms with van der Waals surface area (Å²) in [5.74, 6) is 0.460. The van der Waals surface area contributed by atoms with Crippen molar-refractivity contribution in [3.8, 4) is 5.75 Å². The molecule has 36 heavy (non-hydrogen) atoms. The zero-order valence-electron chi connectivity index (χ0n) is 22.6. The molecular weight excluding hydrogens is 444 g/mol. The topological polar surface area (TPSA) is 35.5 Å². The van der Waals surface area contributed by atoms with E-state index in [1.165, 1.54) is 94.9 Å². The molecule has 3 aromatic carbocycles. The van der Waals surface area contributed by atoms with Crippen LogP contribution >= 0.6 is 0 Å². The number of hydrogen-bond donors (Lipinski definition) is 0. The Bertz CT molecular complexity index is 1040. The maximum Gasteiger partial charge on any atom is 0.347 e. The lowest BCUT2D eigenvalue weighted by Crippen LogP contribution is -2.28. The zero-order chi connectivity index (χ0) is 25.4. The van der Waals surface area contributed by atoms with Crippen molar-refractivity contribution in [3.63, 3.8) is 0 Å². The van der Waals surface area contributed by atoms with E-state index in [0.29, 0.717) is 6.42 Å². The summed E-state index contributed by atoms with van der Waals surface area (Å²) >= 11 is 0. The number of carbonyl (C=O) groups excluding carboxylic acids is 1. The second-order valence-electron chi connectivity index (χ2n) is 10.2. The van der Waals surface area contributed by atoms with Crippen LogP contribution in [0.3, 0.4) is 0 Å². The highest BCUT2D eigenvalue weighted by atomic mass is 16.6. The van der Waals surface area contributed by atoms with Crippen LogP contribution in [0, 0.1) is 0 Å². The van der Waals surface area contributed by atoms with E-state index in [9.17, 15) is 4.79 Å². The van der Waals surface area contributed by atoms with E-state index in [-0.39, 0.29) is 5.97 Å². The molecule has 1 atom stereocenters. The van der Waals surface area contributed by atoms with E-state index in [1.807, 2.05) is 18.2 Å². The van der Waals surface area contributed by atoms with E-state index in [2.05, 4.69) is 43.3 Å². The van der Waals surface area contributed by atoms with Gasteiger partial charge in [-0.1, -0.05) is 127 Å². The van der Waals surface area contributed by atoms with E-state index in [1.54, 1.807) is 0 Å². The molecule has 0 radical (unpaired) electrons. The first-order chi connectivity index (χ1) is 17.7. The molecule has 0 saturated heterocycles. The Morgan fingerprint density at radius 3 is 1.78 bits per heavy atom. The van der Waals surface area contributed by atoms with Crippen LogP contribution < -0.4 is 4.74 Å². The van der Waals surface area contributed by atoms with Crippen molar-refractivity contribution >= 4 is 27.5 Å². The third-order valence-corrected chi connectivity index (χ3v) is 7.26. The predicted octanol–water partition coefficient (Wildman–Crippen LogP) is 9.78. The van der Waals surface area contributed by atoms with Crippen LogP contribution in [0.15, 0.2) is 54.6 Å². The molecule has 0 aromatic heterocycles. The minimum absolute atomic E-state index is 0.289. The minimum Gasteiger partial charge on any atom is -0.478 e. The summed E-state index contributed by atoms with van der Waals surface area (Å²) in [7, 11) is 1.44. The molecule has 0 fully saturated rings. The van der Waals surface area contributed by atoms with Crippen LogP contribution in [0.2, 0.25) is 0 Å². The third-order valence-electron chi connectivity index (χ3n) is 7.26. The lowest BCUT2D eigenvalue weighted by Gasteiger charge is -2.18. The molecule has 1 unspecified atom stereocenters. The number of hydrogen-bond acceptors (Lipinski definition) is 3. The minimum atomic E-state index is -0.565. The van der Waals surface area contributed by atoms with Crippen LogP contribution in [-0.2, 0) is 9.53 Å². The van der Waals surface area contributed by atoms with Gasteiger partial charge in [0.05, 0.1) is 7.11 Å². The van der Waals surface area contributed by atoms with Gasteiger partial charge in [-0.25, -0.2) is 4.79 Å². The Hall–Kier alpha value is -2.55. The highest BCUT2D eigenvalue weighted by Crippen LogP contribution is 2.31. The number of methoxy groups -OCH3 is 1. The van der Waals surface area contributed by atoms with Gasteiger partial charge in [0.25, 0.3) is 0 Å². The van der Waals surface area contributed by atoms with Gasteiger partial charge in [0.2, 0.25) is 0 Å². The Balaban J connectivity index is 1.38. The van der Waals surface area contributed by atoms with E-state index >= 15 is 0 Å². The summed E-state index contributed by atoms with van der Waals surface area (Å²) in [5, 5.41) is 4.52. The first-order valence-corrected chi connectivity index (χ1v) is 14.4. The Kier molecular flexibility index (Phi) is 12.6. The highest BCUT2D eigenvalue weighted by Gasteiger charge is 2.21. The first kappa shape index (κ1) is 28.0. The summed E-state index contributed by atoms with van der Waals surface area (Å²) in [5.41, 5.74) is 0. The molecule has 0 aliphatic heterocycles. The van der Waals surface area contributed by atoms with Crippen molar-refractivity contribution in [3.05, 3.63) is 54.6 Å². The Labute approximate surface area is 218 Å². The van der Waals surface area contributed by atoms with Crippen molar-refractivity contribution in [1.82, 2.24) is 0 Å². The number of unbranched alkanes of at least 4 members (excludes halogenated alkanes) is 13. The number of rotatable bonds is 18. The largest absolute Gasteiger partial charge is 0.478 e. The second-order valence-corrected chi connectivity index (χ2v) is 10.2. The maximum absolute atomic E-state index is 12.5. The smallest absolute Gasteiger partial charge is 0.347 e. The SMILES string of the molecule is CCCCCCCCCCCCCCCCC(Oc1cccc2cc3ccccc3cc12)C(=O)OC. The summed E-state index contributed by atoms with van der Waals surface area (Å²) in [6, 6.07) is 18.7. The van der Waals surface area contributed by atoms with Gasteiger partial charge in [-0.15, -0.1) is 0 Å². The molecule has 0 aliphatic carbocycles. The van der Waals surface area contributed by atoms with Gasteiger partial charge in [-0.3, -0.25) is 0 Å². The quantitative estimate of drug-likeness (QED) is 0.101. The van der Waals surface area contributed by atoms with Gasteiger partial charge in [0.15, 0.2) is 6.10 Å². The van der Waals surface area contributed by atoms with Crippen molar-refractivity contribution in [2.75, 3.05) is 7.11 Å². The fourth-order valence-corrected chi connectivity index (χ4v) is 5.07. The highest BCUT2D eigenvalue weighted by molar-refractivity contribution is 6.01. The molecule has 0 aliphatic rings. The van der Waals surface area contributed by atoms with Gasteiger partial charge in [0, 0.05) is 5.39 Å². The molecule has 0 bridgehead atoms. The van der Waals surface area contributed by atoms with E-state index < -0.39 is 6.10 Å². The van der Waals surface area contributed by atoms with Gasteiger partial charge in [0.1, 0.15) is 5.75 Å². The van der Waals surface area contributed by atoms with Crippen LogP contribution in [0.1, 0.15) is 103 Å². The van der Waals surface area contributed by atoms with Crippen LogP contribution in [0.4, 0.5) is 0 Å². The standard InChI is InChI=1S/C33H46O3/c1-3-4-5-6-7-8-9-10-11-12-13-14-15-16-23-32(33(34)35-2)36-31-24-19-22-29-25-27-20-17-18-21-28(27)26-30(29)31/h17-22,24-26,32H,3-16,23H2,1-2H3. The van der Waals surface area contributed by atoms with Crippen molar-refractivity contribution < 1.29 is 14.3 Å². The molecule has 0 spiro atoms. The lowest BCUT2D eigenvalue weighted by molar-refractivity contribution is -0.149. The number of esters is 1. The summed E-state index contributed by atoms with van der Waals surface area (Å²) in [6.45, 7) is 2.28. The molecule has 3 aromatic rings. The third kappa shape index (κ3) is 9.15. The fourth-order valence-electron chi connectivity index (χ4n) is 5.07. The first-order valence-electron chi connectivity index (χ1n) is 14.4. The molecular formula is C33H46O3. The van der Waals surface area contributed by atoms with Crippen LogP contribution in [0.5, 0.6) is 5.75 Å². The van der Waals surface area contributed by atoms with Gasteiger partial charge >= 0.3 is 5.97 Å².